The second-order valence-electron chi connectivity index (χ2n) is 8.17. The van der Waals surface area contributed by atoms with E-state index in [9.17, 15) is 0 Å². The van der Waals surface area contributed by atoms with Crippen molar-refractivity contribution in [3.8, 4) is 0 Å². The molecule has 0 N–H and O–H groups in total. The van der Waals surface area contributed by atoms with Gasteiger partial charge in [0.15, 0.2) is 0 Å². The predicted molar refractivity (Wildman–Crippen MR) is 142 cm³/mol. The Balaban J connectivity index is 0.000000183. The smallest absolute Gasteiger partial charge is 0.0397 e. The van der Waals surface area contributed by atoms with Crippen LogP contribution in [-0.2, 0) is 48.7 Å². The van der Waals surface area contributed by atoms with Crippen molar-refractivity contribution in [1.82, 2.24) is 0 Å². The minimum Gasteiger partial charge on any atom is -0.168 e. The van der Waals surface area contributed by atoms with E-state index in [1.54, 1.807) is 0 Å². The summed E-state index contributed by atoms with van der Waals surface area (Å²) in [5, 5.41) is 5.78. The maximum absolute atomic E-state index is 2.27. The van der Waals surface area contributed by atoms with E-state index >= 15 is 0 Å². The minimum atomic E-state index is 1.13. The van der Waals surface area contributed by atoms with Crippen molar-refractivity contribution < 1.29 is 23.0 Å². The van der Waals surface area contributed by atoms with Crippen LogP contribution in [0.3, 0.4) is 0 Å². The number of aryl methyl sites for hydroxylation is 4. The van der Waals surface area contributed by atoms with E-state index in [2.05, 4.69) is 95.3 Å². The molecule has 4 aromatic carbocycles. The fourth-order valence-electron chi connectivity index (χ4n) is 4.22. The van der Waals surface area contributed by atoms with Gasteiger partial charge in [-0.3, -0.25) is 0 Å². The molecule has 4 rings (SSSR count). The zero-order valence-corrected chi connectivity index (χ0v) is 25.3. The number of hydrogen-bond donors (Lipinski definition) is 0. The fraction of sp³-hybridized carbons (Fsp3) is 0.400. The molecule has 0 aliphatic heterocycles. The summed E-state index contributed by atoms with van der Waals surface area (Å²) in [6, 6.07) is 23.8. The van der Waals surface area contributed by atoms with Crippen LogP contribution in [-0.4, -0.2) is 6.22 Å². The number of unbranched alkanes of at least 4 members (excludes halogenated alkanes) is 1. The molecule has 0 nitrogen and oxygen atoms in total. The molecule has 0 saturated heterocycles. The van der Waals surface area contributed by atoms with Crippen molar-refractivity contribution in [1.29, 1.82) is 0 Å². The van der Waals surface area contributed by atoms with Gasteiger partial charge in [0.2, 0.25) is 0 Å². The number of hydrogen-bond acceptors (Lipinski definition) is 0. The van der Waals surface area contributed by atoms with Crippen molar-refractivity contribution in [2.75, 3.05) is 0 Å². The average molecular weight is 606 g/mol. The van der Waals surface area contributed by atoms with E-state index in [0.717, 1.165) is 25.7 Å². The van der Waals surface area contributed by atoms with Crippen molar-refractivity contribution in [3.63, 3.8) is 0 Å². The summed E-state index contributed by atoms with van der Waals surface area (Å²) in [5.74, 6) is 0. The van der Waals surface area contributed by atoms with Crippen LogP contribution in [0.15, 0.2) is 60.7 Å². The third-order valence-corrected chi connectivity index (χ3v) is 9.46. The van der Waals surface area contributed by atoms with E-state index < -0.39 is 0 Å². The monoisotopic (exact) mass is 607 g/mol. The SMILES string of the molecule is CCCC[Si]=[Hf+2].CCc1ccc(CC)c2[cH-]ccc12.CCc1ccc(CC)c2[cH-]ccc12. The molecular weight excluding hydrogens is 567 g/mol. The van der Waals surface area contributed by atoms with Gasteiger partial charge in [-0.05, 0) is 12.8 Å². The van der Waals surface area contributed by atoms with E-state index in [1.165, 1.54) is 91.9 Å². The maximum Gasteiger partial charge on any atom is -0.0397 e. The zero-order chi connectivity index (χ0) is 23.3. The normalized spacial score (nSPS) is 10.5. The Kier molecular flexibility index (Phi) is 12.5. The van der Waals surface area contributed by atoms with Crippen LogP contribution in [0.1, 0.15) is 69.7 Å². The van der Waals surface area contributed by atoms with E-state index in [0.29, 0.717) is 0 Å². The van der Waals surface area contributed by atoms with Crippen molar-refractivity contribution in [2.24, 2.45) is 0 Å². The first-order valence-electron chi connectivity index (χ1n) is 12.4. The predicted octanol–water partition coefficient (Wildman–Crippen LogP) is 8.74. The molecule has 4 aromatic rings. The number of benzene rings is 2. The molecule has 0 unspecified atom stereocenters. The fourth-order valence-corrected chi connectivity index (χ4v) is 6.66. The molecule has 32 heavy (non-hydrogen) atoms. The largest absolute Gasteiger partial charge is 0.168 e. The van der Waals surface area contributed by atoms with Crippen LogP contribution in [0.2, 0.25) is 6.04 Å². The zero-order valence-electron chi connectivity index (χ0n) is 20.7. The van der Waals surface area contributed by atoms with Crippen LogP contribution < -0.4 is 0 Å². The second kappa shape index (κ2) is 14.8. The van der Waals surface area contributed by atoms with Gasteiger partial charge >= 0.3 is 55.0 Å². The summed E-state index contributed by atoms with van der Waals surface area (Å²) in [5.41, 5.74) is 5.88. The first-order valence-corrected chi connectivity index (χ1v) is 19.0. The molecule has 0 aliphatic rings. The molecule has 0 aromatic heterocycles. The van der Waals surface area contributed by atoms with Crippen LogP contribution in [0.5, 0.6) is 0 Å². The van der Waals surface area contributed by atoms with Gasteiger partial charge < -0.3 is 0 Å². The van der Waals surface area contributed by atoms with Gasteiger partial charge in [-0.25, -0.2) is 0 Å². The molecule has 1 radical (unpaired) electrons. The van der Waals surface area contributed by atoms with E-state index in [-0.39, 0.29) is 0 Å². The molecule has 0 spiro atoms. The van der Waals surface area contributed by atoms with Crippen molar-refractivity contribution in [2.45, 2.75) is 79.2 Å². The molecule has 0 aliphatic carbocycles. The summed E-state index contributed by atoms with van der Waals surface area (Å²) in [4.78, 5) is 0. The summed E-state index contributed by atoms with van der Waals surface area (Å²) in [6.07, 6.45) is 8.67. The van der Waals surface area contributed by atoms with E-state index in [4.69, 9.17) is 0 Å². The summed E-state index contributed by atoms with van der Waals surface area (Å²) in [6.45, 7) is 11.1. The van der Waals surface area contributed by atoms with Gasteiger partial charge in [-0.1, -0.05) is 63.8 Å². The quantitative estimate of drug-likeness (QED) is 0.112. The Bertz CT molecular complexity index is 925. The van der Waals surface area contributed by atoms with Gasteiger partial charge in [0.1, 0.15) is 0 Å². The number of rotatable bonds is 7. The number of fused-ring (bicyclic) bond motifs is 2. The van der Waals surface area contributed by atoms with Crippen LogP contribution in [0.4, 0.5) is 0 Å². The Morgan fingerprint density at radius 1 is 0.625 bits per heavy atom. The van der Waals surface area contributed by atoms with Crippen LogP contribution in [0.25, 0.3) is 21.5 Å². The molecular formula is C30H39HfSi. The second-order valence-corrected chi connectivity index (χ2v) is 12.8. The van der Waals surface area contributed by atoms with Crippen LogP contribution >= 0.6 is 0 Å². The Morgan fingerprint density at radius 2 is 1.03 bits per heavy atom. The van der Waals surface area contributed by atoms with E-state index in [1.807, 2.05) is 0 Å². The van der Waals surface area contributed by atoms with Gasteiger partial charge in [0.25, 0.3) is 0 Å². The molecule has 0 atom stereocenters. The Morgan fingerprint density at radius 3 is 1.34 bits per heavy atom. The van der Waals surface area contributed by atoms with Gasteiger partial charge in [-0.2, -0.15) is 24.3 Å². The molecule has 0 fully saturated rings. The van der Waals surface area contributed by atoms with Gasteiger partial charge in [-0.15, -0.1) is 56.9 Å². The molecule has 2 heteroatoms. The molecule has 0 saturated carbocycles. The first-order chi connectivity index (χ1) is 15.6. The minimum absolute atomic E-state index is 1.13. The van der Waals surface area contributed by atoms with Gasteiger partial charge in [0.05, 0.1) is 0 Å². The van der Waals surface area contributed by atoms with Crippen molar-refractivity contribution >= 4 is 27.8 Å². The molecule has 0 bridgehead atoms. The third-order valence-electron chi connectivity index (χ3n) is 6.17. The maximum atomic E-state index is 2.27. The summed E-state index contributed by atoms with van der Waals surface area (Å²) in [7, 11) is 0. The van der Waals surface area contributed by atoms with Crippen LogP contribution in [0, 0.1) is 0 Å². The summed E-state index contributed by atoms with van der Waals surface area (Å²) >= 11 is 1.43. The van der Waals surface area contributed by atoms with Crippen molar-refractivity contribution in [3.05, 3.63) is 82.9 Å². The summed E-state index contributed by atoms with van der Waals surface area (Å²) < 4.78 is 0. The molecule has 0 amide bonds. The van der Waals surface area contributed by atoms with Gasteiger partial charge in [0, 0.05) is 0 Å². The Hall–Kier alpha value is -1.25. The molecule has 0 heterocycles. The molecule has 167 valence electrons. The Labute approximate surface area is 211 Å². The first kappa shape index (κ1) is 27.0. The third kappa shape index (κ3) is 7.12. The standard InChI is InChI=1S/2C13H15.C4H9Si.Hf/c2*1-3-10-8-9-11(4-2)13-7-5-6-12(10)13;1-2-3-4-5;/h2*5-9H,3-4H2,1-2H3;2-4H2,1H3;/q2*-1;;+2. The average Bonchev–Trinajstić information content (AvgIpc) is 3.52. The topological polar surface area (TPSA) is 0 Å².